The fourth-order valence-corrected chi connectivity index (χ4v) is 3.00. The summed E-state index contributed by atoms with van der Waals surface area (Å²) in [7, 11) is 0. The lowest BCUT2D eigenvalue weighted by atomic mass is 10.2. The Morgan fingerprint density at radius 1 is 1.16 bits per heavy atom. The molecule has 25 heavy (non-hydrogen) atoms. The summed E-state index contributed by atoms with van der Waals surface area (Å²) in [5, 5.41) is 6.02. The number of rotatable bonds is 6. The number of amides is 1. The third kappa shape index (κ3) is 4.81. The molecule has 4 nitrogen and oxygen atoms in total. The van der Waals surface area contributed by atoms with Crippen molar-refractivity contribution in [2.24, 2.45) is 0 Å². The van der Waals surface area contributed by atoms with Crippen molar-refractivity contribution in [1.82, 2.24) is 4.98 Å². The number of nitrogens with one attached hydrogen (secondary N) is 1. The minimum absolute atomic E-state index is 0.0353. The maximum Gasteiger partial charge on any atom is 0.225 e. The smallest absolute Gasteiger partial charge is 0.225 e. The van der Waals surface area contributed by atoms with Crippen LogP contribution in [0, 0.1) is 0 Å². The van der Waals surface area contributed by atoms with E-state index in [1.165, 1.54) is 11.3 Å². The summed E-state index contributed by atoms with van der Waals surface area (Å²) in [6.07, 6.45) is 0.439. The van der Waals surface area contributed by atoms with E-state index < -0.39 is 0 Å². The molecule has 0 fully saturated rings. The van der Waals surface area contributed by atoms with Gasteiger partial charge in [0, 0.05) is 22.4 Å². The van der Waals surface area contributed by atoms with Crippen LogP contribution in [0.25, 0.3) is 11.3 Å². The first kappa shape index (κ1) is 17.5. The van der Waals surface area contributed by atoms with Gasteiger partial charge in [-0.05, 0) is 42.0 Å². The SMILES string of the molecule is CCC(=O)Nc1nc(-c2ccc(OCc3ccc(Cl)cc3)cc2)cs1. The molecule has 0 unspecified atom stereocenters. The van der Waals surface area contributed by atoms with Gasteiger partial charge in [-0.3, -0.25) is 4.79 Å². The highest BCUT2D eigenvalue weighted by molar-refractivity contribution is 7.14. The molecular weight excluding hydrogens is 356 g/mol. The van der Waals surface area contributed by atoms with Crippen LogP contribution >= 0.6 is 22.9 Å². The molecule has 3 aromatic rings. The number of aromatic nitrogens is 1. The highest BCUT2D eigenvalue weighted by Gasteiger charge is 2.07. The Hall–Kier alpha value is -2.37. The fourth-order valence-electron chi connectivity index (χ4n) is 2.14. The van der Waals surface area contributed by atoms with Gasteiger partial charge in [-0.1, -0.05) is 30.7 Å². The van der Waals surface area contributed by atoms with Crippen LogP contribution in [0.4, 0.5) is 5.13 Å². The summed E-state index contributed by atoms with van der Waals surface area (Å²) < 4.78 is 5.78. The van der Waals surface area contributed by atoms with Crippen LogP contribution in [0.2, 0.25) is 5.02 Å². The highest BCUT2D eigenvalue weighted by atomic mass is 35.5. The van der Waals surface area contributed by atoms with Gasteiger partial charge in [-0.2, -0.15) is 0 Å². The molecule has 3 rings (SSSR count). The van der Waals surface area contributed by atoms with Crippen LogP contribution in [-0.4, -0.2) is 10.9 Å². The van der Waals surface area contributed by atoms with Crippen molar-refractivity contribution < 1.29 is 9.53 Å². The Bertz CT molecular complexity index is 845. The molecule has 128 valence electrons. The standard InChI is InChI=1S/C19H17ClN2O2S/c1-2-18(23)22-19-21-17(12-25-19)14-5-9-16(10-6-14)24-11-13-3-7-15(20)8-4-13/h3-10,12H,2,11H2,1H3,(H,21,22,23). The number of halogens is 1. The van der Waals surface area contributed by atoms with Crippen molar-refractivity contribution in [3.05, 3.63) is 64.5 Å². The van der Waals surface area contributed by atoms with Crippen LogP contribution in [0.1, 0.15) is 18.9 Å². The lowest BCUT2D eigenvalue weighted by Crippen LogP contribution is -2.08. The maximum atomic E-state index is 11.4. The molecule has 0 radical (unpaired) electrons. The number of hydrogen-bond acceptors (Lipinski definition) is 4. The zero-order valence-corrected chi connectivity index (χ0v) is 15.2. The number of hydrogen-bond donors (Lipinski definition) is 1. The zero-order chi connectivity index (χ0) is 17.6. The molecule has 0 spiro atoms. The number of ether oxygens (including phenoxy) is 1. The first-order chi connectivity index (χ1) is 12.1. The maximum absolute atomic E-state index is 11.4. The predicted molar refractivity (Wildman–Crippen MR) is 102 cm³/mol. The van der Waals surface area contributed by atoms with E-state index in [-0.39, 0.29) is 5.91 Å². The summed E-state index contributed by atoms with van der Waals surface area (Å²) in [5.41, 5.74) is 2.87. The fraction of sp³-hybridized carbons (Fsp3) is 0.158. The molecule has 0 saturated carbocycles. The average molecular weight is 373 g/mol. The summed E-state index contributed by atoms with van der Waals surface area (Å²) in [5.74, 6) is 0.750. The third-order valence-corrected chi connectivity index (χ3v) is 4.55. The minimum Gasteiger partial charge on any atom is -0.489 e. The van der Waals surface area contributed by atoms with Gasteiger partial charge in [0.1, 0.15) is 12.4 Å². The summed E-state index contributed by atoms with van der Waals surface area (Å²) in [6, 6.07) is 15.3. The van der Waals surface area contributed by atoms with Crippen LogP contribution in [-0.2, 0) is 11.4 Å². The molecule has 0 aliphatic heterocycles. The van der Waals surface area contributed by atoms with Gasteiger partial charge >= 0.3 is 0 Å². The molecule has 6 heteroatoms. The van der Waals surface area contributed by atoms with Crippen LogP contribution < -0.4 is 10.1 Å². The molecule has 0 aliphatic carbocycles. The quantitative estimate of drug-likeness (QED) is 0.631. The number of carbonyl (C=O) groups is 1. The van der Waals surface area contributed by atoms with E-state index in [9.17, 15) is 4.79 Å². The molecular formula is C19H17ClN2O2S. The molecule has 0 aliphatic rings. The van der Waals surface area contributed by atoms with Crippen molar-refractivity contribution in [3.8, 4) is 17.0 Å². The van der Waals surface area contributed by atoms with E-state index in [0.29, 0.717) is 23.2 Å². The van der Waals surface area contributed by atoms with Gasteiger partial charge in [0.2, 0.25) is 5.91 Å². The molecule has 0 saturated heterocycles. The number of thiazole rings is 1. The Kier molecular flexibility index (Phi) is 5.68. The molecule has 0 bridgehead atoms. The highest BCUT2D eigenvalue weighted by Crippen LogP contribution is 2.27. The molecule has 1 aromatic heterocycles. The van der Waals surface area contributed by atoms with E-state index in [4.69, 9.17) is 16.3 Å². The van der Waals surface area contributed by atoms with Crippen LogP contribution in [0.5, 0.6) is 5.75 Å². The summed E-state index contributed by atoms with van der Waals surface area (Å²) in [4.78, 5) is 15.8. The van der Waals surface area contributed by atoms with E-state index in [1.54, 1.807) is 0 Å². The van der Waals surface area contributed by atoms with E-state index in [2.05, 4.69) is 10.3 Å². The molecule has 2 aromatic carbocycles. The summed E-state index contributed by atoms with van der Waals surface area (Å²) in [6.45, 7) is 2.30. The van der Waals surface area contributed by atoms with Crippen LogP contribution in [0.15, 0.2) is 53.9 Å². The Balaban J connectivity index is 1.62. The second-order valence-electron chi connectivity index (χ2n) is 5.38. The molecule has 1 N–H and O–H groups in total. The van der Waals surface area contributed by atoms with Gasteiger partial charge in [-0.25, -0.2) is 4.98 Å². The second-order valence-corrected chi connectivity index (χ2v) is 6.67. The lowest BCUT2D eigenvalue weighted by Gasteiger charge is -2.07. The molecule has 0 atom stereocenters. The van der Waals surface area contributed by atoms with Crippen molar-refractivity contribution in [1.29, 1.82) is 0 Å². The average Bonchev–Trinajstić information content (AvgIpc) is 3.10. The van der Waals surface area contributed by atoms with E-state index >= 15 is 0 Å². The first-order valence-corrected chi connectivity index (χ1v) is 9.13. The van der Waals surface area contributed by atoms with Crippen molar-refractivity contribution in [3.63, 3.8) is 0 Å². The Labute approximate surface area is 155 Å². The first-order valence-electron chi connectivity index (χ1n) is 7.87. The van der Waals surface area contributed by atoms with Gasteiger partial charge in [0.15, 0.2) is 5.13 Å². The van der Waals surface area contributed by atoms with Crippen LogP contribution in [0.3, 0.4) is 0 Å². The number of nitrogens with zero attached hydrogens (tertiary/aromatic N) is 1. The monoisotopic (exact) mass is 372 g/mol. The number of carbonyl (C=O) groups excluding carboxylic acids is 1. The Morgan fingerprint density at radius 2 is 1.88 bits per heavy atom. The number of benzene rings is 2. The van der Waals surface area contributed by atoms with E-state index in [0.717, 1.165) is 22.6 Å². The van der Waals surface area contributed by atoms with Crippen molar-refractivity contribution in [2.75, 3.05) is 5.32 Å². The van der Waals surface area contributed by atoms with Gasteiger partial charge < -0.3 is 10.1 Å². The number of anilines is 1. The minimum atomic E-state index is -0.0353. The van der Waals surface area contributed by atoms with Crippen molar-refractivity contribution in [2.45, 2.75) is 20.0 Å². The zero-order valence-electron chi connectivity index (χ0n) is 13.7. The van der Waals surface area contributed by atoms with Gasteiger partial charge in [0.25, 0.3) is 0 Å². The normalized spacial score (nSPS) is 10.5. The molecule has 1 heterocycles. The summed E-state index contributed by atoms with van der Waals surface area (Å²) >= 11 is 7.29. The predicted octanol–water partition coefficient (Wildman–Crippen LogP) is 5.39. The van der Waals surface area contributed by atoms with Crippen molar-refractivity contribution >= 4 is 34.0 Å². The largest absolute Gasteiger partial charge is 0.489 e. The Morgan fingerprint density at radius 3 is 2.56 bits per heavy atom. The van der Waals surface area contributed by atoms with E-state index in [1.807, 2.05) is 60.8 Å². The second kappa shape index (κ2) is 8.14. The molecule has 1 amide bonds. The van der Waals surface area contributed by atoms with Gasteiger partial charge in [-0.15, -0.1) is 11.3 Å². The van der Waals surface area contributed by atoms with Gasteiger partial charge in [0.05, 0.1) is 5.69 Å². The topological polar surface area (TPSA) is 51.2 Å². The third-order valence-electron chi connectivity index (χ3n) is 3.54. The lowest BCUT2D eigenvalue weighted by molar-refractivity contribution is -0.115.